The van der Waals surface area contributed by atoms with Crippen LogP contribution in [0.25, 0.3) is 0 Å². The molecule has 0 bridgehead atoms. The van der Waals surface area contributed by atoms with E-state index in [1.54, 1.807) is 0 Å². The van der Waals surface area contributed by atoms with E-state index in [2.05, 4.69) is 17.1 Å². The maximum absolute atomic E-state index is 12.8. The van der Waals surface area contributed by atoms with Crippen LogP contribution < -0.4 is 0 Å². The number of H-pyrrole nitrogens is 1. The molecule has 6 nitrogen and oxygen atoms in total. The van der Waals surface area contributed by atoms with Crippen molar-refractivity contribution in [1.82, 2.24) is 14.9 Å². The Balaban J connectivity index is 1.54. The minimum Gasteiger partial charge on any atom is -0.466 e. The lowest BCUT2D eigenvalue weighted by molar-refractivity contribution is -0.151. The fourth-order valence-electron chi connectivity index (χ4n) is 3.55. The molecule has 1 aromatic heterocycles. The standard InChI is InChI=1S/C22H29N3O3S/c1-4-28-21(27)18-10-12-25(13-11-18)20(26)16(3)29-22-23-15(2)19(24-22)14-17-8-6-5-7-9-17/h5-9,16,18H,4,10-14H2,1-3H3,(H,23,24)/t16-/m0/s1. The summed E-state index contributed by atoms with van der Waals surface area (Å²) in [4.78, 5) is 34.6. The Hall–Kier alpha value is -2.28. The maximum Gasteiger partial charge on any atom is 0.309 e. The van der Waals surface area contributed by atoms with Gasteiger partial charge in [0.15, 0.2) is 5.16 Å². The summed E-state index contributed by atoms with van der Waals surface area (Å²) in [5.41, 5.74) is 3.26. The Morgan fingerprint density at radius 2 is 1.97 bits per heavy atom. The molecule has 3 rings (SSSR count). The van der Waals surface area contributed by atoms with Crippen LogP contribution in [0.4, 0.5) is 0 Å². The normalized spacial score (nSPS) is 15.9. The van der Waals surface area contributed by atoms with E-state index in [0.29, 0.717) is 32.5 Å². The predicted molar refractivity (Wildman–Crippen MR) is 114 cm³/mol. The molecule has 0 spiro atoms. The summed E-state index contributed by atoms with van der Waals surface area (Å²) in [7, 11) is 0. The molecular weight excluding hydrogens is 386 g/mol. The average Bonchev–Trinajstić information content (AvgIpc) is 3.07. The second kappa shape index (κ2) is 9.96. The summed E-state index contributed by atoms with van der Waals surface area (Å²) in [5, 5.41) is 0.542. The number of aryl methyl sites for hydroxylation is 1. The van der Waals surface area contributed by atoms with Crippen molar-refractivity contribution in [2.45, 2.75) is 50.4 Å². The lowest BCUT2D eigenvalue weighted by Gasteiger charge is -2.32. The molecule has 1 aromatic carbocycles. The topological polar surface area (TPSA) is 75.3 Å². The maximum atomic E-state index is 12.8. The minimum atomic E-state index is -0.232. The summed E-state index contributed by atoms with van der Waals surface area (Å²) >= 11 is 1.46. The Morgan fingerprint density at radius 3 is 2.62 bits per heavy atom. The number of hydrogen-bond acceptors (Lipinski definition) is 5. The molecular formula is C22H29N3O3S. The molecule has 0 radical (unpaired) electrons. The van der Waals surface area contributed by atoms with Crippen LogP contribution in [0.3, 0.4) is 0 Å². The van der Waals surface area contributed by atoms with Gasteiger partial charge in [0.1, 0.15) is 0 Å². The molecule has 1 N–H and O–H groups in total. The van der Waals surface area contributed by atoms with E-state index in [1.165, 1.54) is 17.3 Å². The number of piperidine rings is 1. The number of hydrogen-bond donors (Lipinski definition) is 1. The number of nitrogens with zero attached hydrogens (tertiary/aromatic N) is 2. The molecule has 1 aliphatic heterocycles. The van der Waals surface area contributed by atoms with Gasteiger partial charge in [-0.2, -0.15) is 0 Å². The fourth-order valence-corrected chi connectivity index (χ4v) is 4.51. The second-order valence-electron chi connectivity index (χ2n) is 7.39. The van der Waals surface area contributed by atoms with E-state index < -0.39 is 0 Å². The zero-order valence-corrected chi connectivity index (χ0v) is 18.1. The fraction of sp³-hybridized carbons (Fsp3) is 0.500. The highest BCUT2D eigenvalue weighted by molar-refractivity contribution is 8.00. The number of esters is 1. The van der Waals surface area contributed by atoms with E-state index >= 15 is 0 Å². The molecule has 1 fully saturated rings. The average molecular weight is 416 g/mol. The van der Waals surface area contributed by atoms with Crippen molar-refractivity contribution >= 4 is 23.6 Å². The number of likely N-dealkylation sites (tertiary alicyclic amines) is 1. The van der Waals surface area contributed by atoms with E-state index in [4.69, 9.17) is 9.72 Å². The monoisotopic (exact) mass is 415 g/mol. The van der Waals surface area contributed by atoms with E-state index in [0.717, 1.165) is 23.0 Å². The van der Waals surface area contributed by atoms with Gasteiger partial charge in [-0.15, -0.1) is 0 Å². The van der Waals surface area contributed by atoms with Crippen molar-refractivity contribution in [2.24, 2.45) is 5.92 Å². The number of rotatable bonds is 7. The number of ether oxygens (including phenoxy) is 1. The summed E-state index contributed by atoms with van der Waals surface area (Å²) in [6.07, 6.45) is 2.11. The first-order valence-corrected chi connectivity index (χ1v) is 11.1. The van der Waals surface area contributed by atoms with Crippen molar-refractivity contribution in [3.05, 3.63) is 47.3 Å². The van der Waals surface area contributed by atoms with Gasteiger partial charge in [0.05, 0.1) is 23.5 Å². The van der Waals surface area contributed by atoms with Crippen LogP contribution in [-0.4, -0.2) is 51.7 Å². The first-order valence-electron chi connectivity index (χ1n) is 10.2. The van der Waals surface area contributed by atoms with Crippen LogP contribution in [0.1, 0.15) is 43.6 Å². The van der Waals surface area contributed by atoms with Gasteiger partial charge in [0.25, 0.3) is 0 Å². The van der Waals surface area contributed by atoms with Gasteiger partial charge >= 0.3 is 5.97 Å². The molecule has 1 saturated heterocycles. The molecule has 1 atom stereocenters. The van der Waals surface area contributed by atoms with Crippen molar-refractivity contribution in [1.29, 1.82) is 0 Å². The number of nitrogens with one attached hydrogen (secondary N) is 1. The lowest BCUT2D eigenvalue weighted by Crippen LogP contribution is -2.43. The minimum absolute atomic E-state index is 0.0878. The first kappa shape index (κ1) is 21.4. The van der Waals surface area contributed by atoms with E-state index in [9.17, 15) is 9.59 Å². The van der Waals surface area contributed by atoms with Crippen molar-refractivity contribution in [3.63, 3.8) is 0 Å². The summed E-state index contributed by atoms with van der Waals surface area (Å²) in [5.74, 6) is -0.134. The van der Waals surface area contributed by atoms with E-state index in [-0.39, 0.29) is 23.0 Å². The number of thioether (sulfide) groups is 1. The summed E-state index contributed by atoms with van der Waals surface area (Å²) in [6.45, 7) is 7.35. The molecule has 1 aliphatic rings. The number of aromatic nitrogens is 2. The van der Waals surface area contributed by atoms with Gasteiger partial charge in [-0.1, -0.05) is 42.1 Å². The van der Waals surface area contributed by atoms with Crippen LogP contribution in [0.2, 0.25) is 0 Å². The molecule has 2 aromatic rings. The molecule has 7 heteroatoms. The highest BCUT2D eigenvalue weighted by atomic mass is 32.2. The number of carbonyl (C=O) groups excluding carboxylic acids is 2. The Labute approximate surface area is 176 Å². The number of aromatic amines is 1. The largest absolute Gasteiger partial charge is 0.466 e. The highest BCUT2D eigenvalue weighted by Crippen LogP contribution is 2.26. The smallest absolute Gasteiger partial charge is 0.309 e. The number of benzene rings is 1. The van der Waals surface area contributed by atoms with Gasteiger partial charge in [0.2, 0.25) is 5.91 Å². The van der Waals surface area contributed by atoms with Crippen LogP contribution in [0, 0.1) is 12.8 Å². The zero-order chi connectivity index (χ0) is 20.8. The van der Waals surface area contributed by atoms with Gasteiger partial charge < -0.3 is 14.6 Å². The van der Waals surface area contributed by atoms with Gasteiger partial charge in [0, 0.05) is 25.2 Å². The zero-order valence-electron chi connectivity index (χ0n) is 17.3. The van der Waals surface area contributed by atoms with Gasteiger partial charge in [-0.3, -0.25) is 9.59 Å². The van der Waals surface area contributed by atoms with Gasteiger partial charge in [-0.25, -0.2) is 4.98 Å². The molecule has 0 aliphatic carbocycles. The highest BCUT2D eigenvalue weighted by Gasteiger charge is 2.30. The van der Waals surface area contributed by atoms with Crippen molar-refractivity contribution < 1.29 is 14.3 Å². The molecule has 29 heavy (non-hydrogen) atoms. The van der Waals surface area contributed by atoms with Crippen LogP contribution in [0.5, 0.6) is 0 Å². The first-order chi connectivity index (χ1) is 14.0. The van der Waals surface area contributed by atoms with Crippen LogP contribution in [-0.2, 0) is 20.7 Å². The third kappa shape index (κ3) is 5.63. The number of amides is 1. The summed E-state index contributed by atoms with van der Waals surface area (Å²) in [6, 6.07) is 10.2. The van der Waals surface area contributed by atoms with Gasteiger partial charge in [-0.05, 0) is 39.2 Å². The van der Waals surface area contributed by atoms with Crippen LogP contribution >= 0.6 is 11.8 Å². The Kier molecular flexibility index (Phi) is 7.36. The third-order valence-electron chi connectivity index (χ3n) is 5.24. The second-order valence-corrected chi connectivity index (χ2v) is 8.72. The van der Waals surface area contributed by atoms with E-state index in [1.807, 2.05) is 43.9 Å². The number of carbonyl (C=O) groups is 2. The SMILES string of the molecule is CCOC(=O)C1CCN(C(=O)[C@H](C)Sc2nc(Cc3ccccc3)c(C)[nH]2)CC1. The Bertz CT molecular complexity index is 829. The van der Waals surface area contributed by atoms with Crippen LogP contribution in [0.15, 0.2) is 35.5 Å². The number of imidazole rings is 1. The lowest BCUT2D eigenvalue weighted by atomic mass is 9.97. The molecule has 1 amide bonds. The quantitative estimate of drug-likeness (QED) is 0.552. The molecule has 2 heterocycles. The Morgan fingerprint density at radius 1 is 1.28 bits per heavy atom. The molecule has 156 valence electrons. The van der Waals surface area contributed by atoms with Crippen molar-refractivity contribution in [2.75, 3.05) is 19.7 Å². The van der Waals surface area contributed by atoms with Crippen molar-refractivity contribution in [3.8, 4) is 0 Å². The molecule has 0 saturated carbocycles. The summed E-state index contributed by atoms with van der Waals surface area (Å²) < 4.78 is 5.10. The predicted octanol–water partition coefficient (Wildman–Crippen LogP) is 3.59. The molecule has 0 unspecified atom stereocenters. The third-order valence-corrected chi connectivity index (χ3v) is 6.21.